The first kappa shape index (κ1) is 21.1. The number of carbonyl (C=O) groups is 2. The van der Waals surface area contributed by atoms with Crippen LogP contribution in [-0.2, 0) is 14.3 Å². The quantitative estimate of drug-likeness (QED) is 0.605. The summed E-state index contributed by atoms with van der Waals surface area (Å²) >= 11 is 0. The van der Waals surface area contributed by atoms with Crippen molar-refractivity contribution in [2.24, 2.45) is 11.7 Å². The molecule has 1 fully saturated rings. The molecule has 6 nitrogen and oxygen atoms in total. The van der Waals surface area contributed by atoms with Crippen molar-refractivity contribution in [3.05, 3.63) is 0 Å². The maximum Gasteiger partial charge on any atom is 0.328 e. The van der Waals surface area contributed by atoms with Gasteiger partial charge in [0.1, 0.15) is 12.1 Å². The van der Waals surface area contributed by atoms with Crippen LogP contribution in [0.3, 0.4) is 0 Å². The summed E-state index contributed by atoms with van der Waals surface area (Å²) < 4.78 is 4.80. The van der Waals surface area contributed by atoms with Gasteiger partial charge < -0.3 is 20.9 Å². The summed E-state index contributed by atoms with van der Waals surface area (Å²) in [5.74, 6) is -0.642. The standard InChI is InChI=1S/C15H28N2O4.ClH/c1-3-21-15(20)10(2)17-14(19)13(18)12(16)9-11-7-5-4-6-8-11;/h10-13,18H,3-9,16H2,1-2H3,(H,17,19);1H/t10?,12-,13?;/m1./s1. The van der Waals surface area contributed by atoms with E-state index in [2.05, 4.69) is 5.32 Å². The van der Waals surface area contributed by atoms with Crippen LogP contribution in [0.15, 0.2) is 0 Å². The van der Waals surface area contributed by atoms with Gasteiger partial charge >= 0.3 is 5.97 Å². The van der Waals surface area contributed by atoms with Crippen molar-refractivity contribution in [2.75, 3.05) is 6.61 Å². The Morgan fingerprint density at radius 2 is 1.91 bits per heavy atom. The molecule has 0 aromatic rings. The normalized spacial score (nSPS) is 19.5. The van der Waals surface area contributed by atoms with Gasteiger partial charge in [-0.15, -0.1) is 12.4 Å². The van der Waals surface area contributed by atoms with Gasteiger partial charge in [0, 0.05) is 6.04 Å². The van der Waals surface area contributed by atoms with E-state index in [9.17, 15) is 14.7 Å². The second-order valence-electron chi connectivity index (χ2n) is 5.83. The molecule has 1 aliphatic carbocycles. The largest absolute Gasteiger partial charge is 0.464 e. The summed E-state index contributed by atoms with van der Waals surface area (Å²) in [6.45, 7) is 3.47. The molecule has 0 aliphatic heterocycles. The van der Waals surface area contributed by atoms with E-state index in [0.717, 1.165) is 12.8 Å². The molecular weight excluding hydrogens is 308 g/mol. The minimum atomic E-state index is -1.29. The lowest BCUT2D eigenvalue weighted by molar-refractivity contribution is -0.148. The highest BCUT2D eigenvalue weighted by Crippen LogP contribution is 2.27. The summed E-state index contributed by atoms with van der Waals surface area (Å²) in [6.07, 6.45) is 5.22. The molecule has 0 bridgehead atoms. The molecule has 22 heavy (non-hydrogen) atoms. The fraction of sp³-hybridized carbons (Fsp3) is 0.867. The first-order valence-electron chi connectivity index (χ1n) is 7.86. The Balaban J connectivity index is 0.00000441. The molecule has 7 heteroatoms. The van der Waals surface area contributed by atoms with Gasteiger partial charge in [-0.3, -0.25) is 4.79 Å². The lowest BCUT2D eigenvalue weighted by Gasteiger charge is -2.27. The number of aliphatic hydroxyl groups excluding tert-OH is 1. The first-order chi connectivity index (χ1) is 9.95. The number of ether oxygens (including phenoxy) is 1. The number of nitrogens with two attached hydrogens (primary N) is 1. The van der Waals surface area contributed by atoms with E-state index < -0.39 is 30.1 Å². The highest BCUT2D eigenvalue weighted by molar-refractivity contribution is 5.87. The van der Waals surface area contributed by atoms with Crippen molar-refractivity contribution >= 4 is 24.3 Å². The summed E-state index contributed by atoms with van der Waals surface area (Å²) in [5.41, 5.74) is 5.93. The van der Waals surface area contributed by atoms with Crippen LogP contribution in [-0.4, -0.2) is 41.8 Å². The van der Waals surface area contributed by atoms with Crippen molar-refractivity contribution in [1.29, 1.82) is 0 Å². The van der Waals surface area contributed by atoms with Crippen molar-refractivity contribution < 1.29 is 19.4 Å². The zero-order valence-corrected chi connectivity index (χ0v) is 14.2. The molecule has 1 saturated carbocycles. The van der Waals surface area contributed by atoms with Crippen LogP contribution >= 0.6 is 12.4 Å². The number of halogens is 1. The summed E-state index contributed by atoms with van der Waals surface area (Å²) in [4.78, 5) is 23.3. The van der Waals surface area contributed by atoms with Gasteiger partial charge in [0.25, 0.3) is 5.91 Å². The molecule has 0 heterocycles. The van der Waals surface area contributed by atoms with E-state index in [4.69, 9.17) is 10.5 Å². The van der Waals surface area contributed by atoms with E-state index in [1.165, 1.54) is 26.2 Å². The fourth-order valence-electron chi connectivity index (χ4n) is 2.76. The Bertz CT molecular complexity index is 348. The average molecular weight is 337 g/mol. The third-order valence-electron chi connectivity index (χ3n) is 4.00. The maximum atomic E-state index is 11.9. The second-order valence-corrected chi connectivity index (χ2v) is 5.83. The van der Waals surface area contributed by atoms with Crippen LogP contribution in [0.1, 0.15) is 52.4 Å². The number of rotatable bonds is 7. The Morgan fingerprint density at radius 1 is 1.32 bits per heavy atom. The Labute approximate surface area is 138 Å². The monoisotopic (exact) mass is 336 g/mol. The van der Waals surface area contributed by atoms with E-state index in [-0.39, 0.29) is 19.0 Å². The van der Waals surface area contributed by atoms with E-state index >= 15 is 0 Å². The minimum absolute atomic E-state index is 0. The maximum absolute atomic E-state index is 11.9. The molecule has 0 radical (unpaired) electrons. The molecule has 0 spiro atoms. The lowest BCUT2D eigenvalue weighted by Crippen LogP contribution is -2.51. The summed E-state index contributed by atoms with van der Waals surface area (Å²) in [6, 6.07) is -1.38. The summed E-state index contributed by atoms with van der Waals surface area (Å²) in [7, 11) is 0. The molecule has 130 valence electrons. The topological polar surface area (TPSA) is 102 Å². The van der Waals surface area contributed by atoms with Crippen LogP contribution in [0.2, 0.25) is 0 Å². The van der Waals surface area contributed by atoms with E-state index in [0.29, 0.717) is 12.3 Å². The SMILES string of the molecule is CCOC(=O)C(C)NC(=O)C(O)[C@H](N)CC1CCCCC1.Cl. The Kier molecular flexibility index (Phi) is 10.4. The summed E-state index contributed by atoms with van der Waals surface area (Å²) in [5, 5.41) is 12.4. The third-order valence-corrected chi connectivity index (χ3v) is 4.00. The van der Waals surface area contributed by atoms with Gasteiger partial charge in [-0.1, -0.05) is 32.1 Å². The second kappa shape index (κ2) is 10.8. The number of hydrogen-bond acceptors (Lipinski definition) is 5. The molecule has 0 aromatic heterocycles. The van der Waals surface area contributed by atoms with Crippen LogP contribution in [0.25, 0.3) is 0 Å². The van der Waals surface area contributed by atoms with Gasteiger partial charge in [0.05, 0.1) is 6.61 Å². The third kappa shape index (κ3) is 6.94. The molecule has 2 unspecified atom stereocenters. The van der Waals surface area contributed by atoms with Crippen molar-refractivity contribution in [1.82, 2.24) is 5.32 Å². The fourth-order valence-corrected chi connectivity index (χ4v) is 2.76. The van der Waals surface area contributed by atoms with Gasteiger partial charge in [-0.2, -0.15) is 0 Å². The molecular formula is C15H29ClN2O4. The van der Waals surface area contributed by atoms with Gasteiger partial charge in [0.15, 0.2) is 0 Å². The predicted molar refractivity (Wildman–Crippen MR) is 86.7 cm³/mol. The molecule has 1 amide bonds. The van der Waals surface area contributed by atoms with Crippen LogP contribution in [0, 0.1) is 5.92 Å². The number of esters is 1. The van der Waals surface area contributed by atoms with Gasteiger partial charge in [-0.05, 0) is 26.2 Å². The van der Waals surface area contributed by atoms with Gasteiger partial charge in [-0.25, -0.2) is 4.79 Å². The van der Waals surface area contributed by atoms with Crippen molar-refractivity contribution in [3.8, 4) is 0 Å². The molecule has 0 aromatic carbocycles. The highest BCUT2D eigenvalue weighted by Gasteiger charge is 2.28. The molecule has 1 aliphatic rings. The van der Waals surface area contributed by atoms with Crippen LogP contribution in [0.5, 0.6) is 0 Å². The zero-order valence-electron chi connectivity index (χ0n) is 13.4. The number of nitrogens with one attached hydrogen (secondary N) is 1. The zero-order chi connectivity index (χ0) is 15.8. The lowest BCUT2D eigenvalue weighted by atomic mass is 9.84. The average Bonchev–Trinajstić information content (AvgIpc) is 2.47. The smallest absolute Gasteiger partial charge is 0.328 e. The molecule has 1 rings (SSSR count). The number of aliphatic hydroxyl groups is 1. The van der Waals surface area contributed by atoms with Gasteiger partial charge in [0.2, 0.25) is 0 Å². The van der Waals surface area contributed by atoms with Crippen molar-refractivity contribution in [2.45, 2.75) is 70.6 Å². The predicted octanol–water partition coefficient (Wildman–Crippen LogP) is 1.13. The minimum Gasteiger partial charge on any atom is -0.464 e. The van der Waals surface area contributed by atoms with E-state index in [1.807, 2.05) is 0 Å². The molecule has 4 N–H and O–H groups in total. The number of carbonyl (C=O) groups excluding carboxylic acids is 2. The Hall–Kier alpha value is -0.850. The van der Waals surface area contributed by atoms with Crippen LogP contribution in [0.4, 0.5) is 0 Å². The molecule has 0 saturated heterocycles. The van der Waals surface area contributed by atoms with Crippen LogP contribution < -0.4 is 11.1 Å². The molecule has 3 atom stereocenters. The Morgan fingerprint density at radius 3 is 2.45 bits per heavy atom. The number of amides is 1. The van der Waals surface area contributed by atoms with Crippen molar-refractivity contribution in [3.63, 3.8) is 0 Å². The number of hydrogen-bond donors (Lipinski definition) is 3. The highest BCUT2D eigenvalue weighted by atomic mass is 35.5. The van der Waals surface area contributed by atoms with E-state index in [1.54, 1.807) is 6.92 Å². The first-order valence-corrected chi connectivity index (χ1v) is 7.86.